The van der Waals surface area contributed by atoms with Crippen LogP contribution in [0, 0.1) is 17.0 Å². The first kappa shape index (κ1) is 26.4. The van der Waals surface area contributed by atoms with E-state index in [-0.39, 0.29) is 49.9 Å². The number of nitrogens with zero attached hydrogens (tertiary/aromatic N) is 3. The predicted molar refractivity (Wildman–Crippen MR) is 138 cm³/mol. The van der Waals surface area contributed by atoms with Crippen LogP contribution >= 0.6 is 0 Å². The summed E-state index contributed by atoms with van der Waals surface area (Å²) in [5.74, 6) is -0.419. The number of halogens is 2. The fourth-order valence-corrected chi connectivity index (χ4v) is 4.01. The fourth-order valence-electron chi connectivity index (χ4n) is 4.01. The molecule has 2 aromatic heterocycles. The summed E-state index contributed by atoms with van der Waals surface area (Å²) < 4.78 is 38.7. The molecule has 0 saturated carbocycles. The molecule has 10 nitrogen and oxygen atoms in total. The second-order valence-electron chi connectivity index (χ2n) is 9.24. The van der Waals surface area contributed by atoms with Gasteiger partial charge in [-0.25, -0.2) is 23.7 Å². The number of imidazole rings is 1. The highest BCUT2D eigenvalue weighted by Crippen LogP contribution is 2.35. The monoisotopic (exact) mass is 536 g/mol. The molecule has 0 bridgehead atoms. The smallest absolute Gasteiger partial charge is 0.230 e. The van der Waals surface area contributed by atoms with Gasteiger partial charge in [-0.15, -0.1) is 0 Å². The number of rotatable bonds is 8. The minimum Gasteiger partial charge on any atom is -0.395 e. The highest BCUT2D eigenvalue weighted by atomic mass is 19.1. The minimum atomic E-state index is -0.936. The molecular weight excluding hydrogens is 510 g/mol. The van der Waals surface area contributed by atoms with Crippen LogP contribution in [0.1, 0.15) is 19.0 Å². The summed E-state index contributed by atoms with van der Waals surface area (Å²) in [5.41, 5.74) is 1.78. The molecule has 39 heavy (non-hydrogen) atoms. The van der Waals surface area contributed by atoms with Crippen LogP contribution in [0.3, 0.4) is 0 Å². The molecule has 5 rings (SSSR count). The maximum atomic E-state index is 13.7. The largest absolute Gasteiger partial charge is 0.395 e. The van der Waals surface area contributed by atoms with Crippen LogP contribution < -0.4 is 10.6 Å². The van der Waals surface area contributed by atoms with Gasteiger partial charge in [-0.05, 0) is 61.5 Å². The molecule has 1 aliphatic heterocycles. The van der Waals surface area contributed by atoms with Crippen molar-refractivity contribution in [3.63, 3.8) is 0 Å². The van der Waals surface area contributed by atoms with Gasteiger partial charge in [-0.2, -0.15) is 0 Å². The van der Waals surface area contributed by atoms with Gasteiger partial charge < -0.3 is 30.2 Å². The van der Waals surface area contributed by atoms with E-state index in [4.69, 9.17) is 19.6 Å². The molecule has 4 aromatic rings. The molecule has 12 heteroatoms. The maximum absolute atomic E-state index is 13.7. The second kappa shape index (κ2) is 11.2. The van der Waals surface area contributed by atoms with E-state index in [1.807, 2.05) is 0 Å². The highest BCUT2D eigenvalue weighted by molar-refractivity contribution is 5.82. The van der Waals surface area contributed by atoms with Crippen LogP contribution in [-0.4, -0.2) is 57.3 Å². The van der Waals surface area contributed by atoms with Gasteiger partial charge in [-0.1, -0.05) is 0 Å². The predicted octanol–water partition coefficient (Wildman–Crippen LogP) is 3.72. The van der Waals surface area contributed by atoms with Crippen LogP contribution in [0.15, 0.2) is 60.8 Å². The van der Waals surface area contributed by atoms with Crippen molar-refractivity contribution in [2.24, 2.45) is 5.41 Å². The van der Waals surface area contributed by atoms with Crippen molar-refractivity contribution in [2.45, 2.75) is 13.2 Å². The van der Waals surface area contributed by atoms with Gasteiger partial charge in [0, 0.05) is 24.0 Å². The van der Waals surface area contributed by atoms with Crippen LogP contribution in [-0.2, 0) is 14.3 Å². The van der Waals surface area contributed by atoms with Gasteiger partial charge in [0.1, 0.15) is 11.6 Å². The number of aliphatic hydroxyl groups excluding tert-OH is 1. The van der Waals surface area contributed by atoms with E-state index in [1.54, 1.807) is 43.5 Å². The molecule has 1 aliphatic rings. The lowest BCUT2D eigenvalue weighted by Gasteiger charge is -2.35. The van der Waals surface area contributed by atoms with Crippen molar-refractivity contribution in [3.8, 4) is 22.6 Å². The van der Waals surface area contributed by atoms with Crippen LogP contribution in [0.25, 0.3) is 22.6 Å². The summed E-state index contributed by atoms with van der Waals surface area (Å²) in [6.45, 7) is 1.81. The maximum Gasteiger partial charge on any atom is 0.230 e. The second-order valence-corrected chi connectivity index (χ2v) is 9.24. The van der Waals surface area contributed by atoms with Gasteiger partial charge in [-0.3, -0.25) is 4.79 Å². The van der Waals surface area contributed by atoms with E-state index in [0.29, 0.717) is 34.2 Å². The third-order valence-corrected chi connectivity index (χ3v) is 6.13. The summed E-state index contributed by atoms with van der Waals surface area (Å²) in [7, 11) is 0. The van der Waals surface area contributed by atoms with E-state index in [2.05, 4.69) is 25.6 Å². The van der Waals surface area contributed by atoms with E-state index in [9.17, 15) is 13.6 Å². The number of hydrogen-bond donors (Lipinski definition) is 4. The molecule has 0 radical (unpaired) electrons. The number of carbonyl (C=O) groups excluding carboxylic acids is 1. The first-order valence-electron chi connectivity index (χ1n) is 12.2. The number of anilines is 2. The molecule has 0 atom stereocenters. The van der Waals surface area contributed by atoms with Crippen molar-refractivity contribution in [1.29, 1.82) is 0 Å². The normalized spacial score (nSPS) is 19.0. The topological polar surface area (TPSA) is 134 Å². The zero-order valence-corrected chi connectivity index (χ0v) is 20.9. The molecule has 2 aromatic carbocycles. The molecule has 1 fully saturated rings. The zero-order valence-electron chi connectivity index (χ0n) is 20.9. The Hall–Kier alpha value is -4.26. The number of hydrogen-bond acceptors (Lipinski definition) is 8. The van der Waals surface area contributed by atoms with Crippen molar-refractivity contribution in [1.82, 2.24) is 25.3 Å². The molecule has 4 N–H and O–H groups in total. The Kier molecular flexibility index (Phi) is 7.59. The number of aromatic nitrogens is 4. The Labute approximate surface area is 222 Å². The van der Waals surface area contributed by atoms with Gasteiger partial charge in [0.25, 0.3) is 0 Å². The number of aliphatic hydroxyl groups is 1. The first-order valence-corrected chi connectivity index (χ1v) is 12.2. The average Bonchev–Trinajstić information content (AvgIpc) is 3.39. The molecule has 202 valence electrons. The zero-order chi connectivity index (χ0) is 27.4. The van der Waals surface area contributed by atoms with Crippen LogP contribution in [0.5, 0.6) is 0 Å². The van der Waals surface area contributed by atoms with Crippen molar-refractivity contribution >= 4 is 17.5 Å². The molecule has 1 amide bonds. The van der Waals surface area contributed by atoms with Gasteiger partial charge >= 0.3 is 0 Å². The summed E-state index contributed by atoms with van der Waals surface area (Å²) in [4.78, 5) is 29.2. The van der Waals surface area contributed by atoms with Crippen molar-refractivity contribution in [2.75, 3.05) is 31.7 Å². The summed E-state index contributed by atoms with van der Waals surface area (Å²) in [6, 6.07) is 13.3. The van der Waals surface area contributed by atoms with Crippen LogP contribution in [0.4, 0.5) is 20.4 Å². The standard InChI is InChI=1S/C27H26F2N6O4/c1-27(25(37)30-12-13-36)14-38-24(39-15-27)23-34-21(16-2-4-17(28)5-3-16)22(35-23)20-10-11-31-26(33-20)32-19-8-6-18(29)7-9-19/h2-11,24,36H,12-15H2,1H3,(H,30,37)(H,34,35)(H,31,32,33). The molecule has 1 saturated heterocycles. The number of ether oxygens (including phenoxy) is 2. The quantitative estimate of drug-likeness (QED) is 0.268. The summed E-state index contributed by atoms with van der Waals surface area (Å²) in [6.07, 6.45) is 0.669. The number of aromatic amines is 1. The highest BCUT2D eigenvalue weighted by Gasteiger charge is 2.40. The van der Waals surface area contributed by atoms with Crippen molar-refractivity contribution < 1.29 is 28.2 Å². The number of amides is 1. The molecule has 0 unspecified atom stereocenters. The molecule has 3 heterocycles. The number of carbonyl (C=O) groups is 1. The van der Waals surface area contributed by atoms with Crippen molar-refractivity contribution in [3.05, 3.63) is 78.3 Å². The summed E-state index contributed by atoms with van der Waals surface area (Å²) >= 11 is 0. The number of nitrogens with one attached hydrogen (secondary N) is 3. The Morgan fingerprint density at radius 3 is 2.38 bits per heavy atom. The van der Waals surface area contributed by atoms with E-state index < -0.39 is 11.7 Å². The first-order chi connectivity index (χ1) is 18.8. The van der Waals surface area contributed by atoms with E-state index in [0.717, 1.165) is 0 Å². The number of benzene rings is 2. The summed E-state index contributed by atoms with van der Waals surface area (Å²) in [5, 5.41) is 14.7. The van der Waals surface area contributed by atoms with Gasteiger partial charge in [0.2, 0.25) is 18.1 Å². The molecule has 0 aliphatic carbocycles. The number of H-pyrrole nitrogens is 1. The Morgan fingerprint density at radius 1 is 1.05 bits per heavy atom. The van der Waals surface area contributed by atoms with E-state index >= 15 is 0 Å². The third-order valence-electron chi connectivity index (χ3n) is 6.13. The Bertz CT molecular complexity index is 1440. The fraction of sp³-hybridized carbons (Fsp3) is 0.259. The van der Waals surface area contributed by atoms with E-state index in [1.165, 1.54) is 24.3 Å². The Morgan fingerprint density at radius 2 is 1.72 bits per heavy atom. The minimum absolute atomic E-state index is 0.0656. The lowest BCUT2D eigenvalue weighted by atomic mass is 9.91. The van der Waals surface area contributed by atoms with Crippen LogP contribution in [0.2, 0.25) is 0 Å². The average molecular weight is 537 g/mol. The SMILES string of the molecule is CC1(C(=O)NCCO)COC(c2nc(-c3ccc(F)cc3)c(-c3ccnc(Nc4ccc(F)cc4)n3)[nH]2)OC1. The molecule has 0 spiro atoms. The van der Waals surface area contributed by atoms with Gasteiger partial charge in [0.15, 0.2) is 5.82 Å². The lowest BCUT2D eigenvalue weighted by Crippen LogP contribution is -2.49. The van der Waals surface area contributed by atoms with Gasteiger partial charge in [0.05, 0.1) is 42.3 Å². The third kappa shape index (κ3) is 5.93. The lowest BCUT2D eigenvalue weighted by molar-refractivity contribution is -0.231. The molecular formula is C27H26F2N6O4. The Balaban J connectivity index is 1.44.